The average Bonchev–Trinajstić information content (AvgIpc) is 3.21. The van der Waals surface area contributed by atoms with Crippen molar-refractivity contribution in [2.45, 2.75) is 38.6 Å². The lowest BCUT2D eigenvalue weighted by Crippen LogP contribution is -2.30. The molecule has 7 nitrogen and oxygen atoms in total. The van der Waals surface area contributed by atoms with Gasteiger partial charge in [0.1, 0.15) is 0 Å². The summed E-state index contributed by atoms with van der Waals surface area (Å²) in [6.45, 7) is 3.36. The Balaban J connectivity index is 1.47. The van der Waals surface area contributed by atoms with Crippen molar-refractivity contribution in [1.82, 2.24) is 20.0 Å². The van der Waals surface area contributed by atoms with Crippen LogP contribution in [0.1, 0.15) is 43.2 Å². The average molecular weight is 315 g/mol. The minimum atomic E-state index is 0.0362. The topological polar surface area (TPSA) is 84.2 Å². The van der Waals surface area contributed by atoms with E-state index in [-0.39, 0.29) is 11.9 Å². The Morgan fingerprint density at radius 2 is 2.26 bits per heavy atom. The van der Waals surface area contributed by atoms with Crippen molar-refractivity contribution in [3.63, 3.8) is 0 Å². The maximum Gasteiger partial charge on any atom is 0.223 e. The van der Waals surface area contributed by atoms with Gasteiger partial charge >= 0.3 is 0 Å². The summed E-state index contributed by atoms with van der Waals surface area (Å²) in [5.41, 5.74) is 0.853. The molecule has 2 aromatic heterocycles. The molecule has 122 valence electrons. The van der Waals surface area contributed by atoms with E-state index in [0.29, 0.717) is 18.9 Å². The zero-order valence-electron chi connectivity index (χ0n) is 13.2. The fourth-order valence-corrected chi connectivity index (χ4v) is 2.88. The number of aryl methyl sites for hydroxylation is 1. The molecule has 0 saturated carbocycles. The van der Waals surface area contributed by atoms with Crippen molar-refractivity contribution in [2.75, 3.05) is 18.4 Å². The van der Waals surface area contributed by atoms with Gasteiger partial charge in [-0.25, -0.2) is 9.97 Å². The van der Waals surface area contributed by atoms with Crippen LogP contribution in [-0.4, -0.2) is 39.0 Å². The smallest absolute Gasteiger partial charge is 0.223 e. The highest BCUT2D eigenvalue weighted by Gasteiger charge is 2.32. The monoisotopic (exact) mass is 315 g/mol. The van der Waals surface area contributed by atoms with Crippen molar-refractivity contribution < 1.29 is 9.32 Å². The number of nitrogens with one attached hydrogen (secondary N) is 1. The SMILES string of the molecule is Cc1cc(C2CCCN2C(=O)CCCNc2ncccn2)on1. The Kier molecular flexibility index (Phi) is 4.85. The number of likely N-dealkylation sites (tertiary alicyclic amines) is 1. The summed E-state index contributed by atoms with van der Waals surface area (Å²) in [5, 5.41) is 7.04. The van der Waals surface area contributed by atoms with E-state index < -0.39 is 0 Å². The molecule has 0 bridgehead atoms. The second kappa shape index (κ2) is 7.21. The van der Waals surface area contributed by atoms with Crippen molar-refractivity contribution in [2.24, 2.45) is 0 Å². The molecule has 0 spiro atoms. The molecule has 1 saturated heterocycles. The second-order valence-electron chi connectivity index (χ2n) is 5.72. The van der Waals surface area contributed by atoms with E-state index in [1.807, 2.05) is 17.9 Å². The first-order chi connectivity index (χ1) is 11.2. The predicted molar refractivity (Wildman–Crippen MR) is 84.7 cm³/mol. The van der Waals surface area contributed by atoms with Gasteiger partial charge in [-0.15, -0.1) is 0 Å². The molecular weight excluding hydrogens is 294 g/mol. The number of carbonyl (C=O) groups is 1. The minimum absolute atomic E-state index is 0.0362. The van der Waals surface area contributed by atoms with Crippen LogP contribution in [0.4, 0.5) is 5.95 Å². The van der Waals surface area contributed by atoms with E-state index in [9.17, 15) is 4.79 Å². The van der Waals surface area contributed by atoms with E-state index in [0.717, 1.165) is 37.3 Å². The molecular formula is C16H21N5O2. The van der Waals surface area contributed by atoms with Crippen LogP contribution in [0.15, 0.2) is 29.0 Å². The molecule has 1 aliphatic rings. The molecule has 0 aliphatic carbocycles. The number of amides is 1. The van der Waals surface area contributed by atoms with Crippen LogP contribution in [0.25, 0.3) is 0 Å². The van der Waals surface area contributed by atoms with Crippen LogP contribution in [-0.2, 0) is 4.79 Å². The van der Waals surface area contributed by atoms with Crippen LogP contribution < -0.4 is 5.32 Å². The van der Waals surface area contributed by atoms with Crippen molar-refractivity contribution in [3.8, 4) is 0 Å². The van der Waals surface area contributed by atoms with Crippen LogP contribution in [0.2, 0.25) is 0 Å². The molecule has 3 heterocycles. The zero-order valence-corrected chi connectivity index (χ0v) is 13.2. The Hall–Kier alpha value is -2.44. The van der Waals surface area contributed by atoms with Gasteiger partial charge in [0.25, 0.3) is 0 Å². The van der Waals surface area contributed by atoms with Gasteiger partial charge in [-0.05, 0) is 32.3 Å². The molecule has 1 unspecified atom stereocenters. The van der Waals surface area contributed by atoms with Gasteiger partial charge in [0.05, 0.1) is 11.7 Å². The van der Waals surface area contributed by atoms with E-state index in [2.05, 4.69) is 20.4 Å². The van der Waals surface area contributed by atoms with Crippen LogP contribution in [0.5, 0.6) is 0 Å². The second-order valence-corrected chi connectivity index (χ2v) is 5.72. The van der Waals surface area contributed by atoms with Gasteiger partial charge < -0.3 is 14.7 Å². The summed E-state index contributed by atoms with van der Waals surface area (Å²) in [6, 6.07) is 3.73. The molecule has 1 N–H and O–H groups in total. The predicted octanol–water partition coefficient (Wildman–Crippen LogP) is 2.33. The Morgan fingerprint density at radius 1 is 1.43 bits per heavy atom. The van der Waals surface area contributed by atoms with Gasteiger partial charge in [-0.2, -0.15) is 0 Å². The Morgan fingerprint density at radius 3 is 3.00 bits per heavy atom. The van der Waals surface area contributed by atoms with Crippen LogP contribution in [0.3, 0.4) is 0 Å². The summed E-state index contributed by atoms with van der Waals surface area (Å²) in [4.78, 5) is 22.5. The van der Waals surface area contributed by atoms with E-state index in [1.54, 1.807) is 18.5 Å². The number of hydrogen-bond acceptors (Lipinski definition) is 6. The summed E-state index contributed by atoms with van der Waals surface area (Å²) in [7, 11) is 0. The largest absolute Gasteiger partial charge is 0.359 e. The van der Waals surface area contributed by atoms with Crippen LogP contribution in [0, 0.1) is 6.92 Å². The zero-order chi connectivity index (χ0) is 16.1. The minimum Gasteiger partial charge on any atom is -0.359 e. The number of rotatable bonds is 6. The number of hydrogen-bond donors (Lipinski definition) is 1. The first-order valence-corrected chi connectivity index (χ1v) is 7.97. The molecule has 0 aromatic carbocycles. The summed E-state index contributed by atoms with van der Waals surface area (Å²) in [6.07, 6.45) is 6.57. The maximum atomic E-state index is 12.5. The fraction of sp³-hybridized carbons (Fsp3) is 0.500. The quantitative estimate of drug-likeness (QED) is 0.824. The van der Waals surface area contributed by atoms with Gasteiger partial charge in [0.2, 0.25) is 11.9 Å². The molecule has 7 heteroatoms. The lowest BCUT2D eigenvalue weighted by molar-refractivity contribution is -0.132. The number of anilines is 1. The number of nitrogens with zero attached hydrogens (tertiary/aromatic N) is 4. The molecule has 23 heavy (non-hydrogen) atoms. The van der Waals surface area contributed by atoms with E-state index in [4.69, 9.17) is 4.52 Å². The lowest BCUT2D eigenvalue weighted by atomic mass is 10.1. The third-order valence-corrected chi connectivity index (χ3v) is 3.96. The third kappa shape index (κ3) is 3.85. The molecule has 0 radical (unpaired) electrons. The summed E-state index contributed by atoms with van der Waals surface area (Å²) < 4.78 is 5.34. The highest BCUT2D eigenvalue weighted by molar-refractivity contribution is 5.77. The van der Waals surface area contributed by atoms with Gasteiger partial charge in [-0.1, -0.05) is 5.16 Å². The third-order valence-electron chi connectivity index (χ3n) is 3.96. The van der Waals surface area contributed by atoms with Crippen molar-refractivity contribution in [3.05, 3.63) is 36.0 Å². The maximum absolute atomic E-state index is 12.5. The molecule has 2 aromatic rings. The molecule has 1 atom stereocenters. The van der Waals surface area contributed by atoms with Crippen molar-refractivity contribution in [1.29, 1.82) is 0 Å². The highest BCUT2D eigenvalue weighted by atomic mass is 16.5. The normalized spacial score (nSPS) is 17.4. The number of carbonyl (C=O) groups excluding carboxylic acids is 1. The molecule has 1 aliphatic heterocycles. The first kappa shape index (κ1) is 15.5. The van der Waals surface area contributed by atoms with Gasteiger partial charge in [0.15, 0.2) is 5.76 Å². The number of aromatic nitrogens is 3. The molecule has 1 amide bonds. The van der Waals surface area contributed by atoms with Gasteiger partial charge in [-0.3, -0.25) is 4.79 Å². The first-order valence-electron chi connectivity index (χ1n) is 7.97. The summed E-state index contributed by atoms with van der Waals surface area (Å²) >= 11 is 0. The van der Waals surface area contributed by atoms with Gasteiger partial charge in [0, 0.05) is 38.0 Å². The van der Waals surface area contributed by atoms with Crippen molar-refractivity contribution >= 4 is 11.9 Å². The molecule has 3 rings (SSSR count). The highest BCUT2D eigenvalue weighted by Crippen LogP contribution is 2.32. The van der Waals surface area contributed by atoms with E-state index >= 15 is 0 Å². The Labute approximate surface area is 135 Å². The summed E-state index contributed by atoms with van der Waals surface area (Å²) in [5.74, 6) is 1.55. The Bertz CT molecular complexity index is 643. The van der Waals surface area contributed by atoms with E-state index in [1.165, 1.54) is 0 Å². The fourth-order valence-electron chi connectivity index (χ4n) is 2.88. The molecule has 1 fully saturated rings. The van der Waals surface area contributed by atoms with Crippen LogP contribution >= 0.6 is 0 Å². The standard InChI is InChI=1S/C16H21N5O2/c1-12-11-14(23-20-12)13-5-3-10-21(13)15(22)6-2-7-17-16-18-8-4-9-19-16/h4,8-9,11,13H,2-3,5-7,10H2,1H3,(H,17,18,19). The lowest BCUT2D eigenvalue weighted by Gasteiger charge is -2.22.